The van der Waals surface area contributed by atoms with Crippen molar-refractivity contribution in [3.63, 3.8) is 0 Å². The van der Waals surface area contributed by atoms with Gasteiger partial charge in [0.2, 0.25) is 0 Å². The minimum atomic E-state index is -5.08. The van der Waals surface area contributed by atoms with E-state index in [0.717, 1.165) is 0 Å². The van der Waals surface area contributed by atoms with Crippen molar-refractivity contribution >= 4 is 33.3 Å². The molecule has 12 heteroatoms. The maximum Gasteiger partial charge on any atom is 0.490 e. The van der Waals surface area contributed by atoms with Gasteiger partial charge < -0.3 is 15.1 Å². The number of hydrogen-bond donors (Lipinski definition) is 3. The van der Waals surface area contributed by atoms with Crippen molar-refractivity contribution in [3.8, 4) is 0 Å². The monoisotopic (exact) mass is 462 g/mol. The number of anilines is 2. The zero-order chi connectivity index (χ0) is 23.8. The summed E-state index contributed by atoms with van der Waals surface area (Å²) in [4.78, 5) is 22.5. The van der Waals surface area contributed by atoms with E-state index in [0.29, 0.717) is 18.8 Å². The van der Waals surface area contributed by atoms with Gasteiger partial charge in [0.15, 0.2) is 0 Å². The fraction of sp³-hybridized carbons (Fsp3) is 0.263. The highest BCUT2D eigenvalue weighted by Crippen LogP contribution is 2.26. The van der Waals surface area contributed by atoms with Gasteiger partial charge in [0.05, 0.1) is 16.1 Å². The Labute approximate surface area is 177 Å². The van der Waals surface area contributed by atoms with Crippen LogP contribution in [0.1, 0.15) is 24.2 Å². The lowest BCUT2D eigenvalue weighted by Crippen LogP contribution is -2.24. The van der Waals surface area contributed by atoms with Crippen molar-refractivity contribution in [1.82, 2.24) is 0 Å². The molecule has 2 rings (SSSR count). The highest BCUT2D eigenvalue weighted by molar-refractivity contribution is 7.92. The molecule has 8 nitrogen and oxygen atoms in total. The Hall–Kier alpha value is -3.28. The van der Waals surface area contributed by atoms with Crippen LogP contribution in [0.3, 0.4) is 0 Å². The highest BCUT2D eigenvalue weighted by atomic mass is 32.2. The minimum absolute atomic E-state index is 0.0620. The molecule has 0 atom stereocenters. The number of alkyl halides is 3. The first-order valence-electron chi connectivity index (χ1n) is 8.83. The standard InChI is InChI=1S/C17H20N2O4S.C2HF3O2/c1-3-19(4-2)16-11-10-13(12-15(16)17(20)21)18-24(22,23)14-8-6-5-7-9-14;3-2(4,5)1(6)7/h5-12,18H,3-4H2,1-2H3,(H,20,21);(H,6,7). The second kappa shape index (κ2) is 10.7. The molecule has 0 saturated heterocycles. The van der Waals surface area contributed by atoms with E-state index >= 15 is 0 Å². The molecule has 0 spiro atoms. The topological polar surface area (TPSA) is 124 Å². The third-order valence-electron chi connectivity index (χ3n) is 3.88. The van der Waals surface area contributed by atoms with Crippen molar-refractivity contribution < 1.29 is 41.4 Å². The van der Waals surface area contributed by atoms with E-state index in [1.807, 2.05) is 18.7 Å². The van der Waals surface area contributed by atoms with Crippen LogP contribution in [-0.4, -0.2) is 49.8 Å². The van der Waals surface area contributed by atoms with Crippen LogP contribution in [0.15, 0.2) is 53.4 Å². The molecule has 0 radical (unpaired) electrons. The van der Waals surface area contributed by atoms with Gasteiger partial charge in [-0.25, -0.2) is 18.0 Å². The molecule has 0 amide bonds. The molecular weight excluding hydrogens is 441 g/mol. The second-order valence-electron chi connectivity index (χ2n) is 5.93. The van der Waals surface area contributed by atoms with Gasteiger partial charge in [-0.2, -0.15) is 13.2 Å². The Morgan fingerprint density at radius 2 is 1.52 bits per heavy atom. The summed E-state index contributed by atoms with van der Waals surface area (Å²) in [7, 11) is -3.76. The molecule has 31 heavy (non-hydrogen) atoms. The van der Waals surface area contributed by atoms with Gasteiger partial charge in [0, 0.05) is 18.8 Å². The lowest BCUT2D eigenvalue weighted by atomic mass is 10.1. The van der Waals surface area contributed by atoms with Gasteiger partial charge in [-0.05, 0) is 44.2 Å². The summed E-state index contributed by atoms with van der Waals surface area (Å²) in [5.41, 5.74) is 0.842. The van der Waals surface area contributed by atoms with Crippen LogP contribution in [-0.2, 0) is 14.8 Å². The quantitative estimate of drug-likeness (QED) is 0.574. The first-order valence-corrected chi connectivity index (χ1v) is 10.3. The molecule has 0 aliphatic rings. The van der Waals surface area contributed by atoms with E-state index in [1.165, 1.54) is 18.2 Å². The van der Waals surface area contributed by atoms with Crippen LogP contribution in [0.4, 0.5) is 24.5 Å². The Bertz CT molecular complexity index is 1010. The number of rotatable bonds is 7. The molecule has 0 aliphatic heterocycles. The van der Waals surface area contributed by atoms with Gasteiger partial charge in [0.25, 0.3) is 10.0 Å². The lowest BCUT2D eigenvalue weighted by Gasteiger charge is -2.23. The average molecular weight is 462 g/mol. The van der Waals surface area contributed by atoms with Gasteiger partial charge in [0.1, 0.15) is 0 Å². The Balaban J connectivity index is 0.000000592. The summed E-state index contributed by atoms with van der Waals surface area (Å²) in [5.74, 6) is -3.86. The van der Waals surface area contributed by atoms with Crippen molar-refractivity contribution in [1.29, 1.82) is 0 Å². The average Bonchev–Trinajstić information content (AvgIpc) is 2.70. The molecule has 2 aromatic carbocycles. The highest BCUT2D eigenvalue weighted by Gasteiger charge is 2.38. The number of aromatic carboxylic acids is 1. The van der Waals surface area contributed by atoms with Crippen molar-refractivity contribution in [3.05, 3.63) is 54.1 Å². The van der Waals surface area contributed by atoms with E-state index in [4.69, 9.17) is 9.90 Å². The fourth-order valence-electron chi connectivity index (χ4n) is 2.42. The summed E-state index contributed by atoms with van der Waals surface area (Å²) >= 11 is 0. The van der Waals surface area contributed by atoms with Crippen LogP contribution in [0.5, 0.6) is 0 Å². The van der Waals surface area contributed by atoms with Crippen LogP contribution in [0.2, 0.25) is 0 Å². The number of hydrogen-bond acceptors (Lipinski definition) is 5. The number of benzene rings is 2. The molecule has 0 fully saturated rings. The molecule has 0 heterocycles. The van der Waals surface area contributed by atoms with E-state index in [1.54, 1.807) is 30.3 Å². The van der Waals surface area contributed by atoms with E-state index in [-0.39, 0.29) is 16.1 Å². The minimum Gasteiger partial charge on any atom is -0.478 e. The summed E-state index contributed by atoms with van der Waals surface area (Å²) in [6.45, 7) is 5.18. The van der Waals surface area contributed by atoms with Crippen LogP contribution in [0.25, 0.3) is 0 Å². The Morgan fingerprint density at radius 3 is 1.94 bits per heavy atom. The molecule has 3 N–H and O–H groups in total. The summed E-state index contributed by atoms with van der Waals surface area (Å²) in [6.07, 6.45) is -5.08. The zero-order valence-electron chi connectivity index (χ0n) is 16.5. The van der Waals surface area contributed by atoms with Gasteiger partial charge in [-0.1, -0.05) is 18.2 Å². The molecule has 0 aliphatic carbocycles. The number of carboxylic acids is 2. The van der Waals surface area contributed by atoms with Crippen LogP contribution in [0, 0.1) is 0 Å². The first kappa shape index (κ1) is 25.8. The Kier molecular flexibility index (Phi) is 8.86. The fourth-order valence-corrected chi connectivity index (χ4v) is 3.50. The summed E-state index contributed by atoms with van der Waals surface area (Å²) in [6, 6.07) is 12.5. The largest absolute Gasteiger partial charge is 0.490 e. The van der Waals surface area contributed by atoms with Gasteiger partial charge in [-0.3, -0.25) is 4.72 Å². The third-order valence-corrected chi connectivity index (χ3v) is 5.28. The second-order valence-corrected chi connectivity index (χ2v) is 7.61. The Morgan fingerprint density at radius 1 is 1.00 bits per heavy atom. The summed E-state index contributed by atoms with van der Waals surface area (Å²) in [5, 5.41) is 16.6. The first-order chi connectivity index (χ1) is 14.3. The van der Waals surface area contributed by atoms with E-state index in [2.05, 4.69) is 4.72 Å². The predicted molar refractivity (Wildman–Crippen MR) is 108 cm³/mol. The molecule has 0 saturated carbocycles. The van der Waals surface area contributed by atoms with Crippen molar-refractivity contribution in [2.45, 2.75) is 24.9 Å². The molecule has 170 valence electrons. The maximum atomic E-state index is 12.3. The molecule has 0 unspecified atom stereocenters. The van der Waals surface area contributed by atoms with Crippen LogP contribution >= 0.6 is 0 Å². The van der Waals surface area contributed by atoms with Crippen molar-refractivity contribution in [2.75, 3.05) is 22.7 Å². The number of nitrogens with one attached hydrogen (secondary N) is 1. The third kappa shape index (κ3) is 7.48. The smallest absolute Gasteiger partial charge is 0.478 e. The van der Waals surface area contributed by atoms with E-state index in [9.17, 15) is 31.5 Å². The number of carbonyl (C=O) groups is 2. The van der Waals surface area contributed by atoms with Gasteiger partial charge in [-0.15, -0.1) is 0 Å². The van der Waals surface area contributed by atoms with E-state index < -0.39 is 28.1 Å². The predicted octanol–water partition coefficient (Wildman–Crippen LogP) is 3.67. The van der Waals surface area contributed by atoms with Crippen molar-refractivity contribution in [2.24, 2.45) is 0 Å². The number of nitrogens with zero attached hydrogens (tertiary/aromatic N) is 1. The normalized spacial score (nSPS) is 11.1. The number of halogens is 3. The zero-order valence-corrected chi connectivity index (χ0v) is 17.4. The molecule has 0 aromatic heterocycles. The van der Waals surface area contributed by atoms with Gasteiger partial charge >= 0.3 is 18.1 Å². The SMILES string of the molecule is CCN(CC)c1ccc(NS(=O)(=O)c2ccccc2)cc1C(=O)O.O=C(O)C(F)(F)F. The molecular formula is C19H21F3N2O6S. The molecule has 0 bridgehead atoms. The number of sulfonamides is 1. The number of carboxylic acid groups (broad SMARTS) is 2. The van der Waals surface area contributed by atoms with Crippen LogP contribution < -0.4 is 9.62 Å². The number of aliphatic carboxylic acids is 1. The summed E-state index contributed by atoms with van der Waals surface area (Å²) < 4.78 is 58.8. The molecule has 2 aromatic rings. The maximum absolute atomic E-state index is 12.3. The lowest BCUT2D eigenvalue weighted by molar-refractivity contribution is -0.192.